The van der Waals surface area contributed by atoms with Crippen LogP contribution in [0, 0.1) is 0 Å². The molecular weight excluding hydrogens is 230 g/mol. The van der Waals surface area contributed by atoms with E-state index in [1.54, 1.807) is 0 Å². The van der Waals surface area contributed by atoms with Crippen molar-refractivity contribution in [2.75, 3.05) is 25.5 Å². The summed E-state index contributed by atoms with van der Waals surface area (Å²) in [5.41, 5.74) is 0. The van der Waals surface area contributed by atoms with Crippen molar-refractivity contribution >= 4 is 6.01 Å². The van der Waals surface area contributed by atoms with Crippen LogP contribution >= 0.6 is 0 Å². The number of anilines is 1. The molecule has 1 saturated carbocycles. The predicted octanol–water partition coefficient (Wildman–Crippen LogP) is 0.999. The van der Waals surface area contributed by atoms with Gasteiger partial charge in [-0.3, -0.25) is 4.90 Å². The summed E-state index contributed by atoms with van der Waals surface area (Å²) in [5, 5.41) is 14.5. The molecule has 1 aromatic rings. The van der Waals surface area contributed by atoms with Crippen LogP contribution in [-0.4, -0.2) is 47.3 Å². The highest BCUT2D eigenvalue weighted by atomic mass is 16.4. The van der Waals surface area contributed by atoms with E-state index in [0.29, 0.717) is 17.9 Å². The van der Waals surface area contributed by atoms with Gasteiger partial charge >= 0.3 is 6.01 Å². The zero-order valence-corrected chi connectivity index (χ0v) is 11.0. The molecule has 2 aliphatic rings. The Balaban J connectivity index is 1.54. The highest BCUT2D eigenvalue weighted by molar-refractivity contribution is 5.21. The first kappa shape index (κ1) is 11.9. The van der Waals surface area contributed by atoms with E-state index < -0.39 is 0 Å². The zero-order valence-electron chi connectivity index (χ0n) is 11.0. The third-order valence-electron chi connectivity index (χ3n) is 3.85. The third-order valence-corrected chi connectivity index (χ3v) is 3.85. The summed E-state index contributed by atoms with van der Waals surface area (Å²) in [7, 11) is 1.88. The van der Waals surface area contributed by atoms with Crippen molar-refractivity contribution in [1.29, 1.82) is 0 Å². The second kappa shape index (κ2) is 4.85. The summed E-state index contributed by atoms with van der Waals surface area (Å²) >= 11 is 0. The number of hydrogen-bond donors (Lipinski definition) is 2. The molecule has 3 rings (SSSR count). The smallest absolute Gasteiger partial charge is 0.315 e. The molecule has 0 amide bonds. The maximum Gasteiger partial charge on any atom is 0.315 e. The molecule has 100 valence electrons. The third kappa shape index (κ3) is 2.49. The quantitative estimate of drug-likeness (QED) is 0.814. The molecule has 6 nitrogen and oxygen atoms in total. The molecule has 1 aliphatic carbocycles. The fraction of sp³-hybridized carbons (Fsp3) is 0.833. The number of nitrogens with one attached hydrogen (secondary N) is 2. The van der Waals surface area contributed by atoms with Crippen LogP contribution in [0.25, 0.3) is 0 Å². The molecule has 2 atom stereocenters. The van der Waals surface area contributed by atoms with Gasteiger partial charge in [0.1, 0.15) is 0 Å². The van der Waals surface area contributed by atoms with Gasteiger partial charge in [0.05, 0.1) is 6.04 Å². The minimum atomic E-state index is 0.0968. The van der Waals surface area contributed by atoms with Gasteiger partial charge in [-0.25, -0.2) is 0 Å². The molecule has 2 N–H and O–H groups in total. The van der Waals surface area contributed by atoms with Crippen LogP contribution in [0.5, 0.6) is 0 Å². The predicted molar refractivity (Wildman–Crippen MR) is 68.4 cm³/mol. The van der Waals surface area contributed by atoms with E-state index in [9.17, 15) is 0 Å². The number of hydrogen-bond acceptors (Lipinski definition) is 6. The van der Waals surface area contributed by atoms with Crippen LogP contribution in [-0.2, 0) is 0 Å². The second-order valence-electron chi connectivity index (χ2n) is 5.31. The molecule has 1 aromatic heterocycles. The van der Waals surface area contributed by atoms with E-state index >= 15 is 0 Å². The molecular formula is C12H21N5O. The van der Waals surface area contributed by atoms with Crippen LogP contribution < -0.4 is 10.6 Å². The highest BCUT2D eigenvalue weighted by Gasteiger charge is 2.34. The number of rotatable bonds is 5. The van der Waals surface area contributed by atoms with Crippen LogP contribution in [0.4, 0.5) is 6.01 Å². The van der Waals surface area contributed by atoms with Gasteiger partial charge in [0.2, 0.25) is 5.89 Å². The summed E-state index contributed by atoms with van der Waals surface area (Å²) in [6.07, 6.45) is 3.91. The molecule has 0 bridgehead atoms. The van der Waals surface area contributed by atoms with Gasteiger partial charge in [-0.1, -0.05) is 5.10 Å². The Hall–Kier alpha value is -1.14. The molecule has 0 radical (unpaired) electrons. The van der Waals surface area contributed by atoms with Crippen LogP contribution in [0.15, 0.2) is 4.42 Å². The first-order valence-corrected chi connectivity index (χ1v) is 6.77. The van der Waals surface area contributed by atoms with Gasteiger partial charge in [0.15, 0.2) is 0 Å². The van der Waals surface area contributed by atoms with Gasteiger partial charge < -0.3 is 15.1 Å². The molecule has 1 saturated heterocycles. The highest BCUT2D eigenvalue weighted by Crippen LogP contribution is 2.30. The monoisotopic (exact) mass is 251 g/mol. The zero-order chi connectivity index (χ0) is 12.5. The average Bonchev–Trinajstić information content (AvgIpc) is 2.96. The van der Waals surface area contributed by atoms with Crippen molar-refractivity contribution in [1.82, 2.24) is 20.4 Å². The number of aromatic nitrogens is 2. The minimum Gasteiger partial charge on any atom is -0.406 e. The van der Waals surface area contributed by atoms with E-state index in [4.69, 9.17) is 4.42 Å². The SMILES string of the molecule is CNC(C)c1nnc(NC2CCN(C3CC3)C2)o1. The second-order valence-corrected chi connectivity index (χ2v) is 5.31. The molecule has 1 aliphatic heterocycles. The Kier molecular flexibility index (Phi) is 3.22. The fourth-order valence-corrected chi connectivity index (χ4v) is 2.44. The minimum absolute atomic E-state index is 0.0968. The van der Waals surface area contributed by atoms with E-state index in [1.807, 2.05) is 14.0 Å². The standard InChI is InChI=1S/C12H21N5O/c1-8(13-2)11-15-16-12(18-11)14-9-5-6-17(7-9)10-3-4-10/h8-10,13H,3-7H2,1-2H3,(H,14,16). The molecule has 0 spiro atoms. The summed E-state index contributed by atoms with van der Waals surface area (Å²) in [5.74, 6) is 0.636. The maximum atomic E-state index is 5.60. The summed E-state index contributed by atoms with van der Waals surface area (Å²) in [6.45, 7) is 4.29. The fourth-order valence-electron chi connectivity index (χ4n) is 2.44. The van der Waals surface area contributed by atoms with Crippen molar-refractivity contribution in [3.8, 4) is 0 Å². The van der Waals surface area contributed by atoms with E-state index in [1.165, 1.54) is 19.4 Å². The van der Waals surface area contributed by atoms with Crippen LogP contribution in [0.3, 0.4) is 0 Å². The molecule has 2 fully saturated rings. The first-order chi connectivity index (χ1) is 8.76. The van der Waals surface area contributed by atoms with E-state index in [0.717, 1.165) is 19.0 Å². The van der Waals surface area contributed by atoms with Crippen molar-refractivity contribution in [3.05, 3.63) is 5.89 Å². The van der Waals surface area contributed by atoms with Crippen molar-refractivity contribution in [3.63, 3.8) is 0 Å². The van der Waals surface area contributed by atoms with Gasteiger partial charge in [-0.05, 0) is 33.2 Å². The lowest BCUT2D eigenvalue weighted by molar-refractivity contribution is 0.325. The Morgan fingerprint density at radius 1 is 1.33 bits per heavy atom. The Labute approximate surface area is 107 Å². The van der Waals surface area contributed by atoms with Gasteiger partial charge in [-0.2, -0.15) is 0 Å². The summed E-state index contributed by atoms with van der Waals surface area (Å²) < 4.78 is 5.60. The topological polar surface area (TPSA) is 66.2 Å². The lowest BCUT2D eigenvalue weighted by Gasteiger charge is -2.14. The van der Waals surface area contributed by atoms with Gasteiger partial charge in [0, 0.05) is 25.2 Å². The Bertz CT molecular complexity index is 403. The molecule has 6 heteroatoms. The van der Waals surface area contributed by atoms with Crippen molar-refractivity contribution in [2.24, 2.45) is 0 Å². The molecule has 2 heterocycles. The van der Waals surface area contributed by atoms with Crippen molar-refractivity contribution < 1.29 is 4.42 Å². The normalized spacial score (nSPS) is 26.4. The average molecular weight is 251 g/mol. The summed E-state index contributed by atoms with van der Waals surface area (Å²) in [6, 6.07) is 1.94. The number of likely N-dealkylation sites (tertiary alicyclic amines) is 1. The van der Waals surface area contributed by atoms with E-state index in [-0.39, 0.29) is 6.04 Å². The maximum absolute atomic E-state index is 5.60. The van der Waals surface area contributed by atoms with Crippen LogP contribution in [0.2, 0.25) is 0 Å². The molecule has 18 heavy (non-hydrogen) atoms. The van der Waals surface area contributed by atoms with Crippen molar-refractivity contribution in [2.45, 2.75) is 44.3 Å². The molecule has 0 aromatic carbocycles. The number of nitrogens with zero attached hydrogens (tertiary/aromatic N) is 3. The Morgan fingerprint density at radius 2 is 2.17 bits per heavy atom. The largest absolute Gasteiger partial charge is 0.406 e. The van der Waals surface area contributed by atoms with Crippen LogP contribution in [0.1, 0.15) is 38.1 Å². The lowest BCUT2D eigenvalue weighted by atomic mass is 10.3. The lowest BCUT2D eigenvalue weighted by Crippen LogP contribution is -2.27. The van der Waals surface area contributed by atoms with Gasteiger partial charge in [-0.15, -0.1) is 5.10 Å². The van der Waals surface area contributed by atoms with Gasteiger partial charge in [0.25, 0.3) is 0 Å². The molecule has 2 unspecified atom stereocenters. The first-order valence-electron chi connectivity index (χ1n) is 6.77. The summed E-state index contributed by atoms with van der Waals surface area (Å²) in [4.78, 5) is 2.56. The van der Waals surface area contributed by atoms with E-state index in [2.05, 4.69) is 25.7 Å². The Morgan fingerprint density at radius 3 is 2.89 bits per heavy atom.